The van der Waals surface area contributed by atoms with E-state index in [0.717, 1.165) is 10.5 Å². The minimum Gasteiger partial charge on any atom is -0.368 e. The van der Waals surface area contributed by atoms with Crippen molar-refractivity contribution < 1.29 is 0 Å². The molecule has 108 valence electrons. The van der Waals surface area contributed by atoms with Gasteiger partial charge in [-0.2, -0.15) is 9.67 Å². The van der Waals surface area contributed by atoms with Gasteiger partial charge in [-0.3, -0.25) is 0 Å². The number of hydrogen-bond donors (Lipinski definition) is 1. The van der Waals surface area contributed by atoms with Gasteiger partial charge in [-0.05, 0) is 18.4 Å². The van der Waals surface area contributed by atoms with Crippen LogP contribution in [-0.2, 0) is 7.05 Å². The predicted octanol–water partition coefficient (Wildman–Crippen LogP) is 1.60. The molecule has 21 heavy (non-hydrogen) atoms. The van der Waals surface area contributed by atoms with Gasteiger partial charge in [0.25, 0.3) is 0 Å². The molecule has 3 rings (SSSR count). The molecule has 3 aromatic rings. The fourth-order valence-electron chi connectivity index (χ4n) is 1.66. The first-order chi connectivity index (χ1) is 10.2. The van der Waals surface area contributed by atoms with Crippen LogP contribution >= 0.6 is 23.1 Å². The van der Waals surface area contributed by atoms with Crippen LogP contribution in [0.2, 0.25) is 0 Å². The van der Waals surface area contributed by atoms with Gasteiger partial charge in [0, 0.05) is 7.05 Å². The van der Waals surface area contributed by atoms with E-state index in [1.54, 1.807) is 4.68 Å². The summed E-state index contributed by atoms with van der Waals surface area (Å²) in [5.74, 6) is 0.319. The van der Waals surface area contributed by atoms with Crippen molar-refractivity contribution in [3.8, 4) is 5.13 Å². The third kappa shape index (κ3) is 2.83. The summed E-state index contributed by atoms with van der Waals surface area (Å²) >= 11 is 2.84. The van der Waals surface area contributed by atoms with Crippen molar-refractivity contribution in [2.75, 3.05) is 12.0 Å². The lowest BCUT2D eigenvalue weighted by Crippen LogP contribution is -2.11. The summed E-state index contributed by atoms with van der Waals surface area (Å²) in [7, 11) is 1.84. The molecule has 0 spiro atoms. The Labute approximate surface area is 129 Å². The van der Waals surface area contributed by atoms with Crippen LogP contribution in [0.1, 0.15) is 0 Å². The van der Waals surface area contributed by atoms with Crippen molar-refractivity contribution >= 4 is 34.7 Å². The number of aromatic nitrogens is 5. The number of thioether (sulfide) groups is 1. The summed E-state index contributed by atoms with van der Waals surface area (Å²) in [5.41, 5.74) is 6.74. The zero-order chi connectivity index (χ0) is 14.8. The monoisotopic (exact) mass is 319 g/mol. The number of benzene rings is 1. The Hall–Kier alpha value is -2.13. The lowest BCUT2D eigenvalue weighted by Gasteiger charge is -1.93. The van der Waals surface area contributed by atoms with Gasteiger partial charge in [-0.1, -0.05) is 41.3 Å². The molecule has 1 aromatic carbocycles. The number of rotatable bonds is 3. The highest BCUT2D eigenvalue weighted by molar-refractivity contribution is 7.98. The zero-order valence-electron chi connectivity index (χ0n) is 11.5. The van der Waals surface area contributed by atoms with Crippen molar-refractivity contribution in [3.63, 3.8) is 0 Å². The summed E-state index contributed by atoms with van der Waals surface area (Å²) in [6.45, 7) is 0. The highest BCUT2D eigenvalue weighted by atomic mass is 32.2. The second kappa shape index (κ2) is 5.70. The Balaban J connectivity index is 2.05. The molecule has 0 saturated heterocycles. The highest BCUT2D eigenvalue weighted by Crippen LogP contribution is 2.16. The average Bonchev–Trinajstić information content (AvgIpc) is 3.03. The van der Waals surface area contributed by atoms with Crippen LogP contribution in [-0.4, -0.2) is 30.8 Å². The van der Waals surface area contributed by atoms with Crippen molar-refractivity contribution in [1.82, 2.24) is 24.5 Å². The minimum atomic E-state index is 0.319. The van der Waals surface area contributed by atoms with Crippen LogP contribution in [0.4, 0.5) is 11.6 Å². The van der Waals surface area contributed by atoms with E-state index in [1.165, 1.54) is 27.8 Å². The van der Waals surface area contributed by atoms with E-state index in [0.29, 0.717) is 16.2 Å². The average molecular weight is 319 g/mol. The molecule has 0 bridgehead atoms. The second-order valence-electron chi connectivity index (χ2n) is 4.11. The van der Waals surface area contributed by atoms with Gasteiger partial charge in [0.05, 0.1) is 5.69 Å². The van der Waals surface area contributed by atoms with E-state index in [4.69, 9.17) is 5.73 Å². The fraction of sp³-hybridized carbons (Fsp3) is 0.167. The number of nitrogens with zero attached hydrogens (tertiary/aromatic N) is 6. The van der Waals surface area contributed by atoms with Crippen LogP contribution in [0.15, 0.2) is 40.5 Å². The summed E-state index contributed by atoms with van der Waals surface area (Å²) in [5, 5.41) is 9.95. The maximum Gasteiger partial charge on any atom is 0.235 e. The molecule has 0 fully saturated rings. The van der Waals surface area contributed by atoms with Gasteiger partial charge >= 0.3 is 0 Å². The summed E-state index contributed by atoms with van der Waals surface area (Å²) in [4.78, 5) is 9.46. The molecule has 0 atom stereocenters. The van der Waals surface area contributed by atoms with Gasteiger partial charge in [0.15, 0.2) is 0 Å². The maximum absolute atomic E-state index is 5.86. The van der Waals surface area contributed by atoms with Gasteiger partial charge in [0.2, 0.25) is 21.0 Å². The molecule has 7 nitrogen and oxygen atoms in total. The van der Waals surface area contributed by atoms with E-state index in [1.807, 2.05) is 43.6 Å². The van der Waals surface area contributed by atoms with E-state index >= 15 is 0 Å². The van der Waals surface area contributed by atoms with Crippen LogP contribution in [0.5, 0.6) is 0 Å². The van der Waals surface area contributed by atoms with Gasteiger partial charge in [0.1, 0.15) is 0 Å². The first-order valence-electron chi connectivity index (χ1n) is 6.08. The lowest BCUT2D eigenvalue weighted by molar-refractivity contribution is 0.701. The van der Waals surface area contributed by atoms with Crippen molar-refractivity contribution in [2.45, 2.75) is 5.16 Å². The Morgan fingerprint density at radius 1 is 1.24 bits per heavy atom. The smallest absolute Gasteiger partial charge is 0.235 e. The molecule has 2 aromatic heterocycles. The Morgan fingerprint density at radius 3 is 2.67 bits per heavy atom. The predicted molar refractivity (Wildman–Crippen MR) is 83.9 cm³/mol. The van der Waals surface area contributed by atoms with E-state index in [9.17, 15) is 0 Å². The normalized spacial score (nSPS) is 12.0. The minimum absolute atomic E-state index is 0.319. The number of nitrogens with two attached hydrogens (primary N) is 1. The summed E-state index contributed by atoms with van der Waals surface area (Å²) in [6, 6.07) is 9.73. The molecule has 0 radical (unpaired) electrons. The van der Waals surface area contributed by atoms with Crippen LogP contribution in [0.3, 0.4) is 0 Å². The Bertz CT molecular complexity index is 816. The maximum atomic E-state index is 5.86. The lowest BCUT2D eigenvalue weighted by atomic mass is 10.3. The van der Waals surface area contributed by atoms with Gasteiger partial charge in [-0.15, -0.1) is 10.2 Å². The first kappa shape index (κ1) is 13.8. The van der Waals surface area contributed by atoms with Crippen LogP contribution in [0.25, 0.3) is 5.13 Å². The molecular formula is C12H13N7S2. The third-order valence-corrected chi connectivity index (χ3v) is 4.17. The Kier molecular flexibility index (Phi) is 3.76. The molecule has 0 unspecified atom stereocenters. The topological polar surface area (TPSA) is 86.9 Å². The largest absolute Gasteiger partial charge is 0.368 e. The number of nitrogen functional groups attached to an aromatic ring is 1. The fourth-order valence-corrected chi connectivity index (χ4v) is 2.88. The van der Waals surface area contributed by atoms with Gasteiger partial charge in [-0.25, -0.2) is 9.67 Å². The molecule has 0 aliphatic rings. The number of para-hydroxylation sites is 1. The SMILES string of the molecule is CSc1nc(N)n(-c2nn(C)c(=Nc3ccccc3)s2)n1. The van der Waals surface area contributed by atoms with Crippen LogP contribution < -0.4 is 10.5 Å². The molecule has 9 heteroatoms. The van der Waals surface area contributed by atoms with Crippen molar-refractivity contribution in [2.24, 2.45) is 12.0 Å². The van der Waals surface area contributed by atoms with E-state index in [2.05, 4.69) is 20.2 Å². The number of hydrogen-bond acceptors (Lipinski definition) is 7. The van der Waals surface area contributed by atoms with Crippen LogP contribution in [0, 0.1) is 0 Å². The molecule has 0 saturated carbocycles. The standard InChI is InChI=1S/C12H13N7S2/c1-18-11(14-8-6-4-3-5-7-8)21-12(17-18)19-9(13)15-10(16-19)20-2/h3-7H,1-2H3,(H2,13,15,16). The molecule has 0 amide bonds. The third-order valence-electron chi connectivity index (χ3n) is 2.65. The molecular weight excluding hydrogens is 306 g/mol. The van der Waals surface area contributed by atoms with E-state index < -0.39 is 0 Å². The Morgan fingerprint density at radius 2 is 2.00 bits per heavy atom. The van der Waals surface area contributed by atoms with Gasteiger partial charge < -0.3 is 5.73 Å². The quantitative estimate of drug-likeness (QED) is 0.741. The van der Waals surface area contributed by atoms with E-state index in [-0.39, 0.29) is 0 Å². The molecule has 0 aliphatic carbocycles. The molecule has 2 N–H and O–H groups in total. The highest BCUT2D eigenvalue weighted by Gasteiger charge is 2.12. The molecule has 2 heterocycles. The molecule has 0 aliphatic heterocycles. The first-order valence-corrected chi connectivity index (χ1v) is 8.12. The number of anilines is 1. The van der Waals surface area contributed by atoms with Crippen molar-refractivity contribution in [3.05, 3.63) is 35.1 Å². The summed E-state index contributed by atoms with van der Waals surface area (Å²) < 4.78 is 3.23. The zero-order valence-corrected chi connectivity index (χ0v) is 13.1. The van der Waals surface area contributed by atoms with Crippen molar-refractivity contribution in [1.29, 1.82) is 0 Å². The number of aryl methyl sites for hydroxylation is 1. The summed E-state index contributed by atoms with van der Waals surface area (Å²) in [6.07, 6.45) is 1.90. The second-order valence-corrected chi connectivity index (χ2v) is 5.81.